The van der Waals surface area contributed by atoms with E-state index in [2.05, 4.69) is 20.9 Å². The zero-order valence-corrected chi connectivity index (χ0v) is 14.6. The summed E-state index contributed by atoms with van der Waals surface area (Å²) >= 11 is 0. The molecule has 4 rings (SSSR count). The molecule has 1 aromatic carbocycles. The molecule has 0 N–H and O–H groups in total. The van der Waals surface area contributed by atoms with Crippen molar-refractivity contribution in [3.8, 4) is 5.75 Å². The van der Waals surface area contributed by atoms with E-state index in [1.807, 2.05) is 35.9 Å². The maximum Gasteiger partial charge on any atom is 0.293 e. The highest BCUT2D eigenvalue weighted by molar-refractivity contribution is 5.59. The van der Waals surface area contributed by atoms with Gasteiger partial charge in [0.15, 0.2) is 5.82 Å². The molecule has 132 valence electrons. The van der Waals surface area contributed by atoms with Crippen LogP contribution in [0, 0.1) is 0 Å². The van der Waals surface area contributed by atoms with Crippen molar-refractivity contribution in [3.05, 3.63) is 47.0 Å². The molecule has 0 atom stereocenters. The summed E-state index contributed by atoms with van der Waals surface area (Å²) < 4.78 is 7.60. The van der Waals surface area contributed by atoms with Crippen LogP contribution in [0.15, 0.2) is 41.5 Å². The minimum absolute atomic E-state index is 0.0492. The van der Waals surface area contributed by atoms with Crippen molar-refractivity contribution in [2.75, 3.05) is 42.6 Å². The first-order valence-electron chi connectivity index (χ1n) is 9.07. The van der Waals surface area contributed by atoms with Crippen molar-refractivity contribution in [1.82, 2.24) is 9.55 Å². The summed E-state index contributed by atoms with van der Waals surface area (Å²) in [5.41, 5.74) is 1.17. The lowest BCUT2D eigenvalue weighted by Crippen LogP contribution is -2.48. The standard InChI is InChI=1S/C19H24N4O2/c1-2-25-17-6-4-3-5-16(17)21-11-13-22(14-12-21)18-19(24)23(10-9-20-18)15-7-8-15/h3-6,9-10,15H,2,7-8,11-14H2,1H3. The number of piperazine rings is 1. The predicted molar refractivity (Wildman–Crippen MR) is 98.8 cm³/mol. The summed E-state index contributed by atoms with van der Waals surface area (Å²) in [6.07, 6.45) is 5.78. The maximum absolute atomic E-state index is 12.7. The maximum atomic E-state index is 12.7. The molecule has 0 radical (unpaired) electrons. The lowest BCUT2D eigenvalue weighted by molar-refractivity contribution is 0.340. The Hall–Kier alpha value is -2.50. The molecule has 2 aromatic rings. The number of para-hydroxylation sites is 2. The number of hydrogen-bond donors (Lipinski definition) is 0. The third-order valence-corrected chi connectivity index (χ3v) is 4.88. The minimum atomic E-state index is 0.0492. The van der Waals surface area contributed by atoms with E-state index in [-0.39, 0.29) is 5.56 Å². The van der Waals surface area contributed by atoms with Crippen LogP contribution in [0.25, 0.3) is 0 Å². The van der Waals surface area contributed by atoms with E-state index in [1.165, 1.54) is 0 Å². The van der Waals surface area contributed by atoms with Gasteiger partial charge in [0.1, 0.15) is 5.75 Å². The fourth-order valence-electron chi connectivity index (χ4n) is 3.43. The summed E-state index contributed by atoms with van der Waals surface area (Å²) in [5.74, 6) is 1.51. The highest BCUT2D eigenvalue weighted by atomic mass is 16.5. The Morgan fingerprint density at radius 1 is 1.12 bits per heavy atom. The second kappa shape index (κ2) is 6.78. The van der Waals surface area contributed by atoms with Gasteiger partial charge in [-0.1, -0.05) is 12.1 Å². The Kier molecular flexibility index (Phi) is 4.34. The van der Waals surface area contributed by atoms with Crippen molar-refractivity contribution >= 4 is 11.5 Å². The van der Waals surface area contributed by atoms with Gasteiger partial charge in [-0.05, 0) is 31.9 Å². The number of anilines is 2. The quantitative estimate of drug-likeness (QED) is 0.836. The van der Waals surface area contributed by atoms with E-state index in [0.29, 0.717) is 18.5 Å². The molecule has 1 saturated heterocycles. The van der Waals surface area contributed by atoms with Gasteiger partial charge in [-0.25, -0.2) is 4.98 Å². The van der Waals surface area contributed by atoms with E-state index < -0.39 is 0 Å². The molecule has 25 heavy (non-hydrogen) atoms. The normalized spacial score (nSPS) is 17.6. The van der Waals surface area contributed by atoms with E-state index in [4.69, 9.17) is 4.74 Å². The van der Waals surface area contributed by atoms with Crippen LogP contribution < -0.4 is 20.1 Å². The first kappa shape index (κ1) is 16.0. The van der Waals surface area contributed by atoms with Gasteiger partial charge < -0.3 is 19.1 Å². The fourth-order valence-corrected chi connectivity index (χ4v) is 3.43. The van der Waals surface area contributed by atoms with Crippen molar-refractivity contribution in [1.29, 1.82) is 0 Å². The topological polar surface area (TPSA) is 50.6 Å². The Bertz CT molecular complexity index is 792. The van der Waals surface area contributed by atoms with Crippen molar-refractivity contribution < 1.29 is 4.74 Å². The Morgan fingerprint density at radius 2 is 1.84 bits per heavy atom. The lowest BCUT2D eigenvalue weighted by Gasteiger charge is -2.37. The first-order valence-corrected chi connectivity index (χ1v) is 9.07. The predicted octanol–water partition coefficient (Wildman–Crippen LogP) is 2.30. The van der Waals surface area contributed by atoms with Crippen molar-refractivity contribution in [2.24, 2.45) is 0 Å². The molecule has 6 heteroatoms. The van der Waals surface area contributed by atoms with E-state index >= 15 is 0 Å². The van der Waals surface area contributed by atoms with E-state index in [0.717, 1.165) is 50.5 Å². The summed E-state index contributed by atoms with van der Waals surface area (Å²) in [5, 5.41) is 0. The van der Waals surface area contributed by atoms with Crippen LogP contribution in [0.5, 0.6) is 5.75 Å². The van der Waals surface area contributed by atoms with Gasteiger partial charge in [0.05, 0.1) is 12.3 Å². The molecular formula is C19H24N4O2. The van der Waals surface area contributed by atoms with Crippen LogP contribution in [0.3, 0.4) is 0 Å². The van der Waals surface area contributed by atoms with Crippen LogP contribution >= 0.6 is 0 Å². The van der Waals surface area contributed by atoms with Gasteiger partial charge in [0.2, 0.25) is 0 Å². The van der Waals surface area contributed by atoms with Gasteiger partial charge in [0.25, 0.3) is 5.56 Å². The molecule has 6 nitrogen and oxygen atoms in total. The van der Waals surface area contributed by atoms with Crippen LogP contribution in [0.4, 0.5) is 11.5 Å². The van der Waals surface area contributed by atoms with Gasteiger partial charge in [-0.15, -0.1) is 0 Å². The fraction of sp³-hybridized carbons (Fsp3) is 0.474. The molecule has 1 aromatic heterocycles. The van der Waals surface area contributed by atoms with Crippen molar-refractivity contribution in [3.63, 3.8) is 0 Å². The van der Waals surface area contributed by atoms with Crippen molar-refractivity contribution in [2.45, 2.75) is 25.8 Å². The molecule has 0 amide bonds. The molecule has 2 heterocycles. The molecule has 1 aliphatic carbocycles. The largest absolute Gasteiger partial charge is 0.492 e. The van der Waals surface area contributed by atoms with Gasteiger partial charge in [-0.2, -0.15) is 0 Å². The summed E-state index contributed by atoms with van der Waals surface area (Å²) in [6.45, 7) is 5.94. The highest BCUT2D eigenvalue weighted by Crippen LogP contribution is 2.33. The minimum Gasteiger partial charge on any atom is -0.492 e. The molecule has 0 bridgehead atoms. The highest BCUT2D eigenvalue weighted by Gasteiger charge is 2.27. The Labute approximate surface area is 147 Å². The molecule has 2 aliphatic rings. The Balaban J connectivity index is 1.49. The van der Waals surface area contributed by atoms with Crippen LogP contribution in [-0.2, 0) is 0 Å². The summed E-state index contributed by atoms with van der Waals surface area (Å²) in [7, 11) is 0. The smallest absolute Gasteiger partial charge is 0.293 e. The Morgan fingerprint density at radius 3 is 2.56 bits per heavy atom. The summed E-state index contributed by atoms with van der Waals surface area (Å²) in [6, 6.07) is 8.53. The average molecular weight is 340 g/mol. The molecule has 1 aliphatic heterocycles. The van der Waals surface area contributed by atoms with Crippen LogP contribution in [-0.4, -0.2) is 42.3 Å². The first-order chi connectivity index (χ1) is 12.3. The van der Waals surface area contributed by atoms with E-state index in [9.17, 15) is 4.79 Å². The second-order valence-electron chi connectivity index (χ2n) is 6.57. The number of hydrogen-bond acceptors (Lipinski definition) is 5. The SMILES string of the molecule is CCOc1ccccc1N1CCN(c2nccn(C3CC3)c2=O)CC1. The van der Waals surface area contributed by atoms with Gasteiger partial charge >= 0.3 is 0 Å². The van der Waals surface area contributed by atoms with E-state index in [1.54, 1.807) is 6.20 Å². The third-order valence-electron chi connectivity index (χ3n) is 4.88. The van der Waals surface area contributed by atoms with Gasteiger partial charge in [-0.3, -0.25) is 4.79 Å². The lowest BCUT2D eigenvalue weighted by atomic mass is 10.2. The molecule has 1 saturated carbocycles. The zero-order chi connectivity index (χ0) is 17.2. The average Bonchev–Trinajstić information content (AvgIpc) is 3.48. The second-order valence-corrected chi connectivity index (χ2v) is 6.57. The number of nitrogens with zero attached hydrogens (tertiary/aromatic N) is 4. The summed E-state index contributed by atoms with van der Waals surface area (Å²) in [4.78, 5) is 21.5. The van der Waals surface area contributed by atoms with Crippen LogP contribution in [0.2, 0.25) is 0 Å². The zero-order valence-electron chi connectivity index (χ0n) is 14.6. The molecule has 2 fully saturated rings. The molecule has 0 unspecified atom stereocenters. The monoisotopic (exact) mass is 340 g/mol. The molecule has 0 spiro atoms. The number of benzene rings is 1. The third kappa shape index (κ3) is 3.21. The number of ether oxygens (including phenoxy) is 1. The van der Waals surface area contributed by atoms with Crippen LogP contribution in [0.1, 0.15) is 25.8 Å². The number of rotatable bonds is 5. The number of aromatic nitrogens is 2. The molecular weight excluding hydrogens is 316 g/mol. The van der Waals surface area contributed by atoms with Gasteiger partial charge in [0, 0.05) is 44.6 Å².